The first-order valence-electron chi connectivity index (χ1n) is 5.24. The number of hydrogen-bond acceptors (Lipinski definition) is 4. The van der Waals surface area contributed by atoms with E-state index >= 15 is 0 Å². The zero-order chi connectivity index (χ0) is 14.8. The molecule has 0 amide bonds. The maximum absolute atomic E-state index is 12.7. The van der Waals surface area contributed by atoms with Crippen molar-refractivity contribution in [2.24, 2.45) is 0 Å². The SMILES string of the molecule is N#Cc1cccc(Oc2c(C(F)(F)F)nc[nH]c2=O)c1. The molecule has 0 aliphatic heterocycles. The number of ether oxygens (including phenoxy) is 1. The summed E-state index contributed by atoms with van der Waals surface area (Å²) in [5.41, 5.74) is -2.30. The highest BCUT2D eigenvalue weighted by molar-refractivity contribution is 5.39. The van der Waals surface area contributed by atoms with Crippen LogP contribution < -0.4 is 10.3 Å². The number of halogens is 3. The lowest BCUT2D eigenvalue weighted by Gasteiger charge is -2.11. The summed E-state index contributed by atoms with van der Waals surface area (Å²) in [5.74, 6) is -1.02. The van der Waals surface area contributed by atoms with Crippen LogP contribution in [0.2, 0.25) is 0 Å². The minimum atomic E-state index is -4.82. The van der Waals surface area contributed by atoms with Crippen molar-refractivity contribution in [2.75, 3.05) is 0 Å². The lowest BCUT2D eigenvalue weighted by molar-refractivity contribution is -0.142. The Morgan fingerprint density at radius 2 is 2.10 bits per heavy atom. The van der Waals surface area contributed by atoms with Crippen molar-refractivity contribution < 1.29 is 17.9 Å². The molecule has 1 heterocycles. The Hall–Kier alpha value is -2.82. The number of H-pyrrole nitrogens is 1. The lowest BCUT2D eigenvalue weighted by Crippen LogP contribution is -2.18. The fraction of sp³-hybridized carbons (Fsp3) is 0.0833. The molecule has 1 N–H and O–H groups in total. The van der Waals surface area contributed by atoms with E-state index in [2.05, 4.69) is 4.98 Å². The maximum Gasteiger partial charge on any atom is 0.437 e. The van der Waals surface area contributed by atoms with E-state index in [4.69, 9.17) is 10.00 Å². The number of nitrogens with zero attached hydrogens (tertiary/aromatic N) is 2. The van der Waals surface area contributed by atoms with Crippen LogP contribution in [-0.4, -0.2) is 9.97 Å². The minimum Gasteiger partial charge on any atom is -0.449 e. The van der Waals surface area contributed by atoms with Crippen LogP contribution in [-0.2, 0) is 6.18 Å². The quantitative estimate of drug-likeness (QED) is 0.917. The molecule has 102 valence electrons. The zero-order valence-corrected chi connectivity index (χ0v) is 9.73. The van der Waals surface area contributed by atoms with E-state index in [1.54, 1.807) is 0 Å². The molecule has 0 saturated carbocycles. The van der Waals surface area contributed by atoms with Gasteiger partial charge in [-0.2, -0.15) is 18.4 Å². The molecule has 0 radical (unpaired) electrons. The number of aromatic nitrogens is 2. The van der Waals surface area contributed by atoms with Gasteiger partial charge < -0.3 is 9.72 Å². The summed E-state index contributed by atoms with van der Waals surface area (Å²) in [6.07, 6.45) is -4.18. The molecule has 0 bridgehead atoms. The summed E-state index contributed by atoms with van der Waals surface area (Å²) >= 11 is 0. The molecular formula is C12H6F3N3O2. The average molecular weight is 281 g/mol. The van der Waals surface area contributed by atoms with Crippen LogP contribution >= 0.6 is 0 Å². The molecule has 0 unspecified atom stereocenters. The van der Waals surface area contributed by atoms with Crippen molar-refractivity contribution in [1.82, 2.24) is 9.97 Å². The van der Waals surface area contributed by atoms with Crippen molar-refractivity contribution in [3.05, 3.63) is 52.2 Å². The fourth-order valence-corrected chi connectivity index (χ4v) is 1.43. The molecular weight excluding hydrogens is 275 g/mol. The third kappa shape index (κ3) is 2.77. The summed E-state index contributed by atoms with van der Waals surface area (Å²) in [6.45, 7) is 0. The molecule has 20 heavy (non-hydrogen) atoms. The topological polar surface area (TPSA) is 78.8 Å². The molecule has 0 aliphatic carbocycles. The standard InChI is InChI=1S/C12H6F3N3O2/c13-12(14,15)10-9(11(19)18-6-17-10)20-8-3-1-2-7(4-8)5-16/h1-4,6H,(H,17,18,19). The van der Waals surface area contributed by atoms with Gasteiger partial charge in [0.25, 0.3) is 5.56 Å². The molecule has 0 atom stereocenters. The summed E-state index contributed by atoms with van der Waals surface area (Å²) in [7, 11) is 0. The number of rotatable bonds is 2. The number of nitriles is 1. The van der Waals surface area contributed by atoms with Gasteiger partial charge in [0.2, 0.25) is 5.75 Å². The highest BCUT2D eigenvalue weighted by atomic mass is 19.4. The largest absolute Gasteiger partial charge is 0.449 e. The highest BCUT2D eigenvalue weighted by Crippen LogP contribution is 2.34. The van der Waals surface area contributed by atoms with E-state index in [1.165, 1.54) is 24.3 Å². The van der Waals surface area contributed by atoms with Crippen molar-refractivity contribution in [3.8, 4) is 17.6 Å². The normalized spacial score (nSPS) is 10.9. The number of aromatic amines is 1. The maximum atomic E-state index is 12.7. The molecule has 1 aromatic heterocycles. The number of benzene rings is 1. The van der Waals surface area contributed by atoms with E-state index < -0.39 is 23.2 Å². The van der Waals surface area contributed by atoms with Crippen LogP contribution in [0.3, 0.4) is 0 Å². The molecule has 0 aliphatic rings. The second-order valence-corrected chi connectivity index (χ2v) is 3.65. The first-order chi connectivity index (χ1) is 9.41. The Labute approximate surface area is 110 Å². The third-order valence-electron chi connectivity index (χ3n) is 2.26. The molecule has 0 spiro atoms. The van der Waals surface area contributed by atoms with Crippen LogP contribution in [0.1, 0.15) is 11.3 Å². The van der Waals surface area contributed by atoms with Crippen LogP contribution in [0.5, 0.6) is 11.5 Å². The Kier molecular flexibility index (Phi) is 3.43. The van der Waals surface area contributed by atoms with Crippen LogP contribution in [0.4, 0.5) is 13.2 Å². The second kappa shape index (κ2) is 5.05. The predicted molar refractivity (Wildman–Crippen MR) is 61.1 cm³/mol. The molecule has 0 fully saturated rings. The smallest absolute Gasteiger partial charge is 0.437 e. The first-order valence-corrected chi connectivity index (χ1v) is 5.24. The number of nitrogens with one attached hydrogen (secondary N) is 1. The van der Waals surface area contributed by atoms with Crippen LogP contribution in [0.25, 0.3) is 0 Å². The van der Waals surface area contributed by atoms with Crippen molar-refractivity contribution in [1.29, 1.82) is 5.26 Å². The summed E-state index contributed by atoms with van der Waals surface area (Å²) in [4.78, 5) is 16.5. The van der Waals surface area contributed by atoms with E-state index in [1.807, 2.05) is 11.1 Å². The van der Waals surface area contributed by atoms with Gasteiger partial charge >= 0.3 is 6.18 Å². The molecule has 1 aromatic carbocycles. The third-order valence-corrected chi connectivity index (χ3v) is 2.26. The Balaban J connectivity index is 2.48. The van der Waals surface area contributed by atoms with Gasteiger partial charge in [0.1, 0.15) is 5.75 Å². The van der Waals surface area contributed by atoms with Gasteiger partial charge in [-0.3, -0.25) is 4.79 Å². The number of alkyl halides is 3. The van der Waals surface area contributed by atoms with E-state index in [0.717, 1.165) is 0 Å². The van der Waals surface area contributed by atoms with Gasteiger partial charge in [-0.05, 0) is 18.2 Å². The van der Waals surface area contributed by atoms with Crippen molar-refractivity contribution in [3.63, 3.8) is 0 Å². The average Bonchev–Trinajstić information content (AvgIpc) is 2.40. The fourth-order valence-electron chi connectivity index (χ4n) is 1.43. The molecule has 5 nitrogen and oxygen atoms in total. The van der Waals surface area contributed by atoms with Crippen LogP contribution in [0.15, 0.2) is 35.4 Å². The summed E-state index contributed by atoms with van der Waals surface area (Å²) in [6, 6.07) is 7.22. The number of hydrogen-bond donors (Lipinski definition) is 1. The van der Waals surface area contributed by atoms with Crippen molar-refractivity contribution >= 4 is 0 Å². The lowest BCUT2D eigenvalue weighted by atomic mass is 10.2. The first kappa shape index (κ1) is 13.6. The van der Waals surface area contributed by atoms with Gasteiger partial charge in [0.05, 0.1) is 18.0 Å². The highest BCUT2D eigenvalue weighted by Gasteiger charge is 2.38. The monoisotopic (exact) mass is 281 g/mol. The van der Waals surface area contributed by atoms with E-state index in [0.29, 0.717) is 6.33 Å². The Morgan fingerprint density at radius 3 is 2.75 bits per heavy atom. The van der Waals surface area contributed by atoms with Gasteiger partial charge in [-0.1, -0.05) is 6.07 Å². The van der Waals surface area contributed by atoms with Gasteiger partial charge in [-0.25, -0.2) is 4.98 Å². The second-order valence-electron chi connectivity index (χ2n) is 3.65. The molecule has 0 saturated heterocycles. The summed E-state index contributed by atoms with van der Waals surface area (Å²) in [5, 5.41) is 8.70. The Bertz CT molecular complexity index is 732. The summed E-state index contributed by atoms with van der Waals surface area (Å²) < 4.78 is 43.1. The molecule has 2 aromatic rings. The predicted octanol–water partition coefficient (Wildman–Crippen LogP) is 2.45. The van der Waals surface area contributed by atoms with Gasteiger partial charge in [-0.15, -0.1) is 0 Å². The molecule has 2 rings (SSSR count). The zero-order valence-electron chi connectivity index (χ0n) is 9.73. The molecule has 8 heteroatoms. The van der Waals surface area contributed by atoms with E-state index in [-0.39, 0.29) is 11.3 Å². The van der Waals surface area contributed by atoms with Crippen LogP contribution in [0, 0.1) is 11.3 Å². The minimum absolute atomic E-state index is 0.0620. The van der Waals surface area contributed by atoms with E-state index in [9.17, 15) is 18.0 Å². The van der Waals surface area contributed by atoms with Gasteiger partial charge in [0, 0.05) is 0 Å². The van der Waals surface area contributed by atoms with Gasteiger partial charge in [0.15, 0.2) is 5.69 Å². The Morgan fingerprint density at radius 1 is 1.35 bits per heavy atom. The van der Waals surface area contributed by atoms with Crippen molar-refractivity contribution in [2.45, 2.75) is 6.18 Å².